The normalized spacial score (nSPS) is 23.0. The van der Waals surface area contributed by atoms with Gasteiger partial charge < -0.3 is 15.5 Å². The van der Waals surface area contributed by atoms with E-state index in [0.717, 1.165) is 37.8 Å². The monoisotopic (exact) mass is 395 g/mol. The molecule has 0 aliphatic carbocycles. The molecule has 0 radical (unpaired) electrons. The number of amides is 3. The molecule has 2 atom stereocenters. The number of rotatable bonds is 4. The highest BCUT2D eigenvalue weighted by Crippen LogP contribution is 2.36. The van der Waals surface area contributed by atoms with Crippen molar-refractivity contribution >= 4 is 17.6 Å². The van der Waals surface area contributed by atoms with Crippen LogP contribution >= 0.6 is 0 Å². The Morgan fingerprint density at radius 3 is 2.21 bits per heavy atom. The summed E-state index contributed by atoms with van der Waals surface area (Å²) in [7, 11) is 0. The lowest BCUT2D eigenvalue weighted by Crippen LogP contribution is -2.53. The van der Waals surface area contributed by atoms with Crippen molar-refractivity contribution in [2.75, 3.05) is 5.32 Å². The van der Waals surface area contributed by atoms with Crippen LogP contribution in [-0.4, -0.2) is 35.0 Å². The van der Waals surface area contributed by atoms with Gasteiger partial charge in [0.1, 0.15) is 5.82 Å². The van der Waals surface area contributed by atoms with E-state index < -0.39 is 0 Å². The van der Waals surface area contributed by atoms with E-state index in [0.29, 0.717) is 5.56 Å². The van der Waals surface area contributed by atoms with Crippen molar-refractivity contribution in [3.05, 3.63) is 65.5 Å². The van der Waals surface area contributed by atoms with E-state index in [4.69, 9.17) is 0 Å². The van der Waals surface area contributed by atoms with E-state index in [1.165, 1.54) is 29.8 Å². The van der Waals surface area contributed by atoms with Crippen LogP contribution in [0.5, 0.6) is 0 Å². The van der Waals surface area contributed by atoms with Gasteiger partial charge in [0.15, 0.2) is 0 Å². The Hall–Kier alpha value is -2.89. The first-order valence-electron chi connectivity index (χ1n) is 10.3. The second kappa shape index (κ2) is 8.23. The fourth-order valence-electron chi connectivity index (χ4n) is 4.51. The number of hydrogen-bond acceptors (Lipinski definition) is 2. The molecular weight excluding hydrogens is 369 g/mol. The maximum atomic E-state index is 13.1. The average molecular weight is 395 g/mol. The van der Waals surface area contributed by atoms with Gasteiger partial charge >= 0.3 is 6.03 Å². The summed E-state index contributed by atoms with van der Waals surface area (Å²) >= 11 is 0. The number of carbonyl (C=O) groups excluding carboxylic acids is 2. The number of nitrogens with one attached hydrogen (secondary N) is 2. The van der Waals surface area contributed by atoms with Gasteiger partial charge in [-0.05, 0) is 74.1 Å². The topological polar surface area (TPSA) is 61.4 Å². The summed E-state index contributed by atoms with van der Waals surface area (Å²) in [6.07, 6.45) is 4.36. The molecule has 2 aromatic rings. The minimum absolute atomic E-state index is 0.0259. The molecule has 0 saturated carbocycles. The largest absolute Gasteiger partial charge is 0.349 e. The summed E-state index contributed by atoms with van der Waals surface area (Å²) in [5, 5.41) is 6.07. The van der Waals surface area contributed by atoms with Crippen molar-refractivity contribution in [1.82, 2.24) is 10.2 Å². The molecule has 0 spiro atoms. The van der Waals surface area contributed by atoms with Gasteiger partial charge in [-0.1, -0.05) is 19.1 Å². The highest BCUT2D eigenvalue weighted by molar-refractivity contribution is 5.94. The number of carbonyl (C=O) groups is 2. The highest BCUT2D eigenvalue weighted by atomic mass is 19.1. The van der Waals surface area contributed by atoms with Crippen molar-refractivity contribution in [1.29, 1.82) is 0 Å². The molecular formula is C23H26FN3O2. The molecule has 2 unspecified atom stereocenters. The van der Waals surface area contributed by atoms with Crippen molar-refractivity contribution in [2.45, 2.75) is 57.2 Å². The fourth-order valence-corrected chi connectivity index (χ4v) is 4.51. The van der Waals surface area contributed by atoms with Crippen LogP contribution in [0, 0.1) is 5.82 Å². The number of fused-ring (bicyclic) bond motifs is 2. The Bertz CT molecular complexity index is 868. The third-order valence-electron chi connectivity index (χ3n) is 6.02. The molecule has 2 aliphatic heterocycles. The lowest BCUT2D eigenvalue weighted by molar-refractivity contribution is 0.0891. The van der Waals surface area contributed by atoms with Gasteiger partial charge in [-0.25, -0.2) is 9.18 Å². The van der Waals surface area contributed by atoms with Crippen molar-refractivity contribution in [3.63, 3.8) is 0 Å². The lowest BCUT2D eigenvalue weighted by Gasteiger charge is -2.39. The molecule has 2 heterocycles. The first-order valence-corrected chi connectivity index (χ1v) is 10.3. The van der Waals surface area contributed by atoms with Crippen molar-refractivity contribution in [3.8, 4) is 0 Å². The number of aryl methyl sites for hydroxylation is 1. The predicted molar refractivity (Wildman–Crippen MR) is 110 cm³/mol. The molecule has 6 heteroatoms. The van der Waals surface area contributed by atoms with E-state index in [2.05, 4.69) is 17.6 Å². The van der Waals surface area contributed by atoms with Crippen LogP contribution in [0.4, 0.5) is 14.9 Å². The molecule has 2 saturated heterocycles. The van der Waals surface area contributed by atoms with Crippen LogP contribution in [0.15, 0.2) is 48.5 Å². The molecule has 29 heavy (non-hydrogen) atoms. The standard InChI is InChI=1S/C23H26FN3O2/c1-2-15-3-9-18(10-4-15)26-23(29)27-20-11-12-21(27)14-19(13-20)25-22(28)16-5-7-17(24)8-6-16/h3-10,19-21H,2,11-14H2,1H3,(H,25,28)(H,26,29). The Balaban J connectivity index is 1.36. The zero-order chi connectivity index (χ0) is 20.4. The van der Waals surface area contributed by atoms with Crippen LogP contribution in [0.25, 0.3) is 0 Å². The summed E-state index contributed by atoms with van der Waals surface area (Å²) in [4.78, 5) is 27.3. The zero-order valence-electron chi connectivity index (χ0n) is 16.5. The third-order valence-corrected chi connectivity index (χ3v) is 6.02. The van der Waals surface area contributed by atoms with Crippen LogP contribution in [0.1, 0.15) is 48.5 Å². The average Bonchev–Trinajstić information content (AvgIpc) is 3.00. The van der Waals surface area contributed by atoms with Crippen LogP contribution in [-0.2, 0) is 6.42 Å². The number of benzene rings is 2. The van der Waals surface area contributed by atoms with Gasteiger partial charge in [-0.15, -0.1) is 0 Å². The van der Waals surface area contributed by atoms with E-state index in [1.54, 1.807) is 0 Å². The molecule has 2 N–H and O–H groups in total. The first kappa shape index (κ1) is 19.4. The third kappa shape index (κ3) is 4.26. The molecule has 2 fully saturated rings. The number of halogens is 1. The number of urea groups is 1. The molecule has 5 nitrogen and oxygen atoms in total. The van der Waals surface area contributed by atoms with Crippen molar-refractivity contribution < 1.29 is 14.0 Å². The number of anilines is 1. The SMILES string of the molecule is CCc1ccc(NC(=O)N2C3CCC2CC(NC(=O)c2ccc(F)cc2)C3)cc1. The van der Waals surface area contributed by atoms with Crippen LogP contribution < -0.4 is 10.6 Å². The number of piperidine rings is 1. The summed E-state index contributed by atoms with van der Waals surface area (Å²) in [5.74, 6) is -0.549. The summed E-state index contributed by atoms with van der Waals surface area (Å²) < 4.78 is 13.1. The lowest BCUT2D eigenvalue weighted by atomic mass is 9.97. The van der Waals surface area contributed by atoms with E-state index >= 15 is 0 Å². The summed E-state index contributed by atoms with van der Waals surface area (Å²) in [6, 6.07) is 13.7. The van der Waals surface area contributed by atoms with Crippen molar-refractivity contribution in [2.24, 2.45) is 0 Å². The maximum Gasteiger partial charge on any atom is 0.322 e. The molecule has 2 bridgehead atoms. The fraction of sp³-hybridized carbons (Fsp3) is 0.391. The molecule has 3 amide bonds. The minimum Gasteiger partial charge on any atom is -0.349 e. The quantitative estimate of drug-likeness (QED) is 0.809. The minimum atomic E-state index is -0.358. The van der Waals surface area contributed by atoms with Gasteiger partial charge in [0.05, 0.1) is 0 Å². The predicted octanol–water partition coefficient (Wildman–Crippen LogP) is 4.35. The van der Waals surface area contributed by atoms with Gasteiger partial charge in [0, 0.05) is 29.4 Å². The second-order valence-electron chi connectivity index (χ2n) is 7.92. The van der Waals surface area contributed by atoms with Crippen LogP contribution in [0.2, 0.25) is 0 Å². The van der Waals surface area contributed by atoms with Gasteiger partial charge in [-0.2, -0.15) is 0 Å². The number of nitrogens with zero attached hydrogens (tertiary/aromatic N) is 1. The molecule has 2 aromatic carbocycles. The Morgan fingerprint density at radius 1 is 1.00 bits per heavy atom. The van der Waals surface area contributed by atoms with E-state index in [1.807, 2.05) is 29.2 Å². The molecule has 2 aliphatic rings. The summed E-state index contributed by atoms with van der Waals surface area (Å²) in [5.41, 5.74) is 2.49. The molecule has 4 rings (SSSR count). The zero-order valence-corrected chi connectivity index (χ0v) is 16.5. The smallest absolute Gasteiger partial charge is 0.322 e. The first-order chi connectivity index (χ1) is 14.0. The molecule has 152 valence electrons. The van der Waals surface area contributed by atoms with Gasteiger partial charge in [-0.3, -0.25) is 4.79 Å². The Morgan fingerprint density at radius 2 is 1.62 bits per heavy atom. The van der Waals surface area contributed by atoms with E-state index in [-0.39, 0.29) is 35.9 Å². The second-order valence-corrected chi connectivity index (χ2v) is 7.92. The van der Waals surface area contributed by atoms with Gasteiger partial charge in [0.2, 0.25) is 0 Å². The van der Waals surface area contributed by atoms with Crippen LogP contribution in [0.3, 0.4) is 0 Å². The Labute approximate surface area is 170 Å². The Kier molecular flexibility index (Phi) is 5.51. The van der Waals surface area contributed by atoms with Gasteiger partial charge in [0.25, 0.3) is 5.91 Å². The highest BCUT2D eigenvalue weighted by Gasteiger charge is 2.43. The van der Waals surface area contributed by atoms with E-state index in [9.17, 15) is 14.0 Å². The number of hydrogen-bond donors (Lipinski definition) is 2. The summed E-state index contributed by atoms with van der Waals surface area (Å²) in [6.45, 7) is 2.10. The molecule has 0 aromatic heterocycles. The maximum absolute atomic E-state index is 13.1.